The van der Waals surface area contributed by atoms with Crippen LogP contribution >= 0.6 is 9.24 Å². The van der Waals surface area contributed by atoms with E-state index in [1.165, 1.54) is 89.6 Å². The molecule has 130 valence electrons. The van der Waals surface area contributed by atoms with Crippen molar-refractivity contribution in [2.75, 3.05) is 6.16 Å². The van der Waals surface area contributed by atoms with E-state index in [0.29, 0.717) is 0 Å². The molecule has 0 rings (SSSR count). The van der Waals surface area contributed by atoms with Gasteiger partial charge in [0.2, 0.25) is 0 Å². The molecule has 0 amide bonds. The summed E-state index contributed by atoms with van der Waals surface area (Å²) in [7, 11) is -1.85. The number of rotatable bonds is 13. The van der Waals surface area contributed by atoms with Gasteiger partial charge in [-0.1, -0.05) is 84.0 Å². The third-order valence-corrected chi connectivity index (χ3v) is 3.72. The average Bonchev–Trinajstić information content (AvgIpc) is 2.38. The smallest absolute Gasteiger partial charge is 0.264 e. The molecular weight excluding hydrogens is 307 g/mol. The van der Waals surface area contributed by atoms with Crippen LogP contribution in [0.5, 0.6) is 0 Å². The number of unbranched alkanes of at least 4 members (excludes halogenated alkanes) is 12. The predicted octanol–water partition coefficient (Wildman–Crippen LogP) is 5.30. The molecule has 6 heteroatoms. The van der Waals surface area contributed by atoms with Crippen molar-refractivity contribution in [1.29, 1.82) is 0 Å². The Balaban J connectivity index is 0. The molecule has 0 spiro atoms. The third-order valence-electron chi connectivity index (χ3n) is 3.31. The van der Waals surface area contributed by atoms with Crippen LogP contribution in [-0.2, 0) is 10.4 Å². The summed E-state index contributed by atoms with van der Waals surface area (Å²) < 4.78 is 31.6. The van der Waals surface area contributed by atoms with E-state index < -0.39 is 10.4 Å². The monoisotopic (exact) mass is 342 g/mol. The van der Waals surface area contributed by atoms with Gasteiger partial charge in [-0.05, 0) is 12.6 Å². The van der Waals surface area contributed by atoms with E-state index in [9.17, 15) is 0 Å². The van der Waals surface area contributed by atoms with Gasteiger partial charge in [-0.2, -0.15) is 8.42 Å². The van der Waals surface area contributed by atoms with Crippen molar-refractivity contribution in [3.63, 3.8) is 0 Å². The molecule has 21 heavy (non-hydrogen) atoms. The standard InChI is InChI=1S/C15H33P.H2O4S/c1-2-3-4-5-6-7-8-9-10-11-12-13-14-15-16;1-5(2,3)4/h2-16H2,1H3;(H2,1,2,3,4). The Morgan fingerprint density at radius 2 is 0.905 bits per heavy atom. The highest BCUT2D eigenvalue weighted by atomic mass is 32.3. The highest BCUT2D eigenvalue weighted by Gasteiger charge is 1.92. The van der Waals surface area contributed by atoms with E-state index in [1.54, 1.807) is 0 Å². The van der Waals surface area contributed by atoms with E-state index >= 15 is 0 Å². The maximum Gasteiger partial charge on any atom is 0.394 e. The predicted molar refractivity (Wildman–Crippen MR) is 94.4 cm³/mol. The van der Waals surface area contributed by atoms with E-state index in [-0.39, 0.29) is 0 Å². The normalized spacial score (nSPS) is 11.0. The molecule has 0 heterocycles. The van der Waals surface area contributed by atoms with Crippen LogP contribution in [0.3, 0.4) is 0 Å². The molecule has 0 aromatic carbocycles. The van der Waals surface area contributed by atoms with Crippen molar-refractivity contribution < 1.29 is 17.5 Å². The lowest BCUT2D eigenvalue weighted by Crippen LogP contribution is -1.89. The number of hydrogen-bond donors (Lipinski definition) is 2. The Hall–Kier alpha value is 0.300. The quantitative estimate of drug-likeness (QED) is 0.270. The molecule has 0 fully saturated rings. The minimum absolute atomic E-state index is 1.29. The lowest BCUT2D eigenvalue weighted by atomic mass is 10.1. The largest absolute Gasteiger partial charge is 0.394 e. The van der Waals surface area contributed by atoms with Crippen LogP contribution in [-0.4, -0.2) is 23.7 Å². The molecule has 0 aliphatic rings. The minimum atomic E-state index is -4.67. The van der Waals surface area contributed by atoms with Gasteiger partial charge in [0.1, 0.15) is 0 Å². The zero-order valence-corrected chi connectivity index (χ0v) is 15.6. The molecule has 0 bridgehead atoms. The Bertz CT molecular complexity index is 259. The lowest BCUT2D eigenvalue weighted by molar-refractivity contribution is 0.381. The Kier molecular flexibility index (Phi) is 20.6. The first kappa shape index (κ1) is 23.6. The van der Waals surface area contributed by atoms with Gasteiger partial charge in [0.25, 0.3) is 0 Å². The van der Waals surface area contributed by atoms with Crippen molar-refractivity contribution in [1.82, 2.24) is 0 Å². The summed E-state index contributed by atoms with van der Waals surface area (Å²) in [6.45, 7) is 2.29. The van der Waals surface area contributed by atoms with Crippen LogP contribution in [0.15, 0.2) is 0 Å². The summed E-state index contributed by atoms with van der Waals surface area (Å²) in [4.78, 5) is 0. The van der Waals surface area contributed by atoms with Crippen molar-refractivity contribution in [3.8, 4) is 0 Å². The van der Waals surface area contributed by atoms with E-state index in [4.69, 9.17) is 17.5 Å². The summed E-state index contributed by atoms with van der Waals surface area (Å²) >= 11 is 0. The molecule has 1 atom stereocenters. The first-order valence-electron chi connectivity index (χ1n) is 8.31. The molecule has 1 unspecified atom stereocenters. The van der Waals surface area contributed by atoms with E-state index in [1.807, 2.05) is 0 Å². The molecule has 0 aromatic rings. The van der Waals surface area contributed by atoms with Crippen molar-refractivity contribution in [3.05, 3.63) is 0 Å². The Morgan fingerprint density at radius 1 is 0.667 bits per heavy atom. The zero-order valence-electron chi connectivity index (χ0n) is 13.6. The highest BCUT2D eigenvalue weighted by molar-refractivity contribution is 7.79. The minimum Gasteiger partial charge on any atom is -0.264 e. The second kappa shape index (κ2) is 18.3. The average molecular weight is 342 g/mol. The van der Waals surface area contributed by atoms with Crippen LogP contribution in [0, 0.1) is 0 Å². The molecule has 0 radical (unpaired) electrons. The van der Waals surface area contributed by atoms with E-state index in [0.717, 1.165) is 0 Å². The summed E-state index contributed by atoms with van der Waals surface area (Å²) in [6, 6.07) is 0. The van der Waals surface area contributed by atoms with Gasteiger partial charge >= 0.3 is 10.4 Å². The number of hydrogen-bond acceptors (Lipinski definition) is 2. The van der Waals surface area contributed by atoms with Crippen molar-refractivity contribution in [2.24, 2.45) is 0 Å². The summed E-state index contributed by atoms with van der Waals surface area (Å²) in [5.74, 6) is 0. The molecule has 0 aliphatic carbocycles. The Labute approximate surface area is 134 Å². The maximum atomic E-state index is 8.74. The molecule has 2 N–H and O–H groups in total. The van der Waals surface area contributed by atoms with Crippen LogP contribution in [0.1, 0.15) is 90.4 Å². The second-order valence-corrected chi connectivity index (χ2v) is 6.95. The van der Waals surface area contributed by atoms with Crippen LogP contribution < -0.4 is 0 Å². The van der Waals surface area contributed by atoms with Gasteiger partial charge in [0.15, 0.2) is 0 Å². The van der Waals surface area contributed by atoms with Crippen molar-refractivity contribution >= 4 is 19.6 Å². The van der Waals surface area contributed by atoms with Gasteiger partial charge in [-0.15, -0.1) is 9.24 Å². The zero-order chi connectivity index (χ0) is 16.4. The highest BCUT2D eigenvalue weighted by Crippen LogP contribution is 2.12. The molecule has 0 saturated heterocycles. The first-order chi connectivity index (χ1) is 9.91. The van der Waals surface area contributed by atoms with Gasteiger partial charge < -0.3 is 0 Å². The van der Waals surface area contributed by atoms with Crippen molar-refractivity contribution in [2.45, 2.75) is 90.4 Å². The maximum absolute atomic E-state index is 8.74. The summed E-state index contributed by atoms with van der Waals surface area (Å²) in [6.07, 6.45) is 20.2. The fourth-order valence-electron chi connectivity index (χ4n) is 2.16. The third kappa shape index (κ3) is 38.4. The topological polar surface area (TPSA) is 74.6 Å². The molecule has 0 aromatic heterocycles. The summed E-state index contributed by atoms with van der Waals surface area (Å²) in [5.41, 5.74) is 0. The van der Waals surface area contributed by atoms with Gasteiger partial charge in [-0.3, -0.25) is 9.11 Å². The first-order valence-corrected chi connectivity index (χ1v) is 10.5. The molecule has 0 saturated carbocycles. The molecular formula is C15H35O4PS. The summed E-state index contributed by atoms with van der Waals surface area (Å²) in [5, 5.41) is 0. The van der Waals surface area contributed by atoms with Gasteiger partial charge in [0, 0.05) is 0 Å². The molecule has 0 aliphatic heterocycles. The fourth-order valence-corrected chi connectivity index (χ4v) is 2.45. The van der Waals surface area contributed by atoms with Gasteiger partial charge in [0.05, 0.1) is 0 Å². The molecule has 4 nitrogen and oxygen atoms in total. The SMILES string of the molecule is CCCCCCCCCCCCCCCP.O=S(=O)(O)O. The van der Waals surface area contributed by atoms with Crippen LogP contribution in [0.4, 0.5) is 0 Å². The van der Waals surface area contributed by atoms with E-state index in [2.05, 4.69) is 16.2 Å². The lowest BCUT2D eigenvalue weighted by Gasteiger charge is -2.02. The van der Waals surface area contributed by atoms with Gasteiger partial charge in [-0.25, -0.2) is 0 Å². The van der Waals surface area contributed by atoms with Crippen LogP contribution in [0.25, 0.3) is 0 Å². The van der Waals surface area contributed by atoms with Crippen LogP contribution in [0.2, 0.25) is 0 Å². The second-order valence-electron chi connectivity index (χ2n) is 5.48. The Morgan fingerprint density at radius 3 is 1.14 bits per heavy atom. The fraction of sp³-hybridized carbons (Fsp3) is 1.00.